The molecule has 27 heavy (non-hydrogen) atoms. The fourth-order valence-electron chi connectivity index (χ4n) is 2.72. The number of aliphatic imine (C=N–C) groups is 1. The Morgan fingerprint density at radius 1 is 1.15 bits per heavy atom. The lowest BCUT2D eigenvalue weighted by molar-refractivity contribution is 0.0696. The summed E-state index contributed by atoms with van der Waals surface area (Å²) in [5.74, 6) is -0.813. The molecule has 0 unspecified atom stereocenters. The van der Waals surface area contributed by atoms with Gasteiger partial charge < -0.3 is 16.2 Å². The van der Waals surface area contributed by atoms with E-state index in [1.54, 1.807) is 18.2 Å². The summed E-state index contributed by atoms with van der Waals surface area (Å²) in [6.07, 6.45) is 0. The molecule has 136 valence electrons. The van der Waals surface area contributed by atoms with Crippen LogP contribution in [0.15, 0.2) is 54.0 Å². The number of aromatic nitrogens is 2. The van der Waals surface area contributed by atoms with Crippen LogP contribution in [0, 0.1) is 13.8 Å². The lowest BCUT2D eigenvalue weighted by Gasteiger charge is -2.11. The molecule has 3 rings (SSSR count). The number of hydrogen-bond acceptors (Lipinski definition) is 4. The summed E-state index contributed by atoms with van der Waals surface area (Å²) in [5.41, 5.74) is 9.50. The van der Waals surface area contributed by atoms with Gasteiger partial charge >= 0.3 is 5.97 Å². The molecule has 7 nitrogen and oxygen atoms in total. The Bertz CT molecular complexity index is 1090. The molecule has 7 heteroatoms. The van der Waals surface area contributed by atoms with Crippen LogP contribution >= 0.6 is 0 Å². The Hall–Kier alpha value is -3.74. The predicted octanol–water partition coefficient (Wildman–Crippen LogP) is 3.15. The third kappa shape index (κ3) is 3.92. The van der Waals surface area contributed by atoms with Crippen LogP contribution in [-0.2, 0) is 0 Å². The first kappa shape index (κ1) is 18.1. The van der Waals surface area contributed by atoms with Gasteiger partial charge in [0.15, 0.2) is 0 Å². The third-order valence-corrected chi connectivity index (χ3v) is 4.01. The average molecular weight is 361 g/mol. The minimum atomic E-state index is -1.05. The minimum absolute atomic E-state index is 0.0195. The van der Waals surface area contributed by atoms with Crippen molar-refractivity contribution in [3.8, 4) is 0 Å². The maximum atomic E-state index is 11.3. The summed E-state index contributed by atoms with van der Waals surface area (Å²) in [4.78, 5) is 24.3. The van der Waals surface area contributed by atoms with E-state index in [0.717, 1.165) is 22.2 Å². The van der Waals surface area contributed by atoms with E-state index in [1.807, 2.05) is 32.0 Å². The average Bonchev–Trinajstić information content (AvgIpc) is 2.62. The van der Waals surface area contributed by atoms with Crippen molar-refractivity contribution in [1.82, 2.24) is 15.3 Å². The first-order chi connectivity index (χ1) is 12.8. The Labute approximate surface area is 156 Å². The second-order valence-electron chi connectivity index (χ2n) is 6.08. The molecule has 1 aromatic heterocycles. The monoisotopic (exact) mass is 361 g/mol. The van der Waals surface area contributed by atoms with Crippen LogP contribution in [0.2, 0.25) is 0 Å². The molecule has 4 N–H and O–H groups in total. The Morgan fingerprint density at radius 3 is 2.56 bits per heavy atom. The molecule has 2 aromatic carbocycles. The number of carboxylic acid groups (broad SMARTS) is 1. The lowest BCUT2D eigenvalue weighted by atomic mass is 10.1. The highest BCUT2D eigenvalue weighted by Crippen LogP contribution is 2.20. The largest absolute Gasteiger partial charge is 0.478 e. The van der Waals surface area contributed by atoms with Gasteiger partial charge in [0.05, 0.1) is 16.8 Å². The van der Waals surface area contributed by atoms with Crippen molar-refractivity contribution in [3.05, 3.63) is 71.4 Å². The quantitative estimate of drug-likeness (QED) is 0.486. The zero-order chi connectivity index (χ0) is 19.6. The van der Waals surface area contributed by atoms with Crippen molar-refractivity contribution >= 4 is 34.5 Å². The number of aryl methyl sites for hydroxylation is 2. The molecule has 0 fully saturated rings. The van der Waals surface area contributed by atoms with Gasteiger partial charge in [-0.05, 0) is 32.0 Å². The first-order valence-electron chi connectivity index (χ1n) is 8.23. The molecule has 0 bridgehead atoms. The minimum Gasteiger partial charge on any atom is -0.478 e. The van der Waals surface area contributed by atoms with Crippen LogP contribution < -0.4 is 11.1 Å². The number of carbonyl (C=O) groups is 1. The first-order valence-corrected chi connectivity index (χ1v) is 8.23. The van der Waals surface area contributed by atoms with Crippen molar-refractivity contribution in [3.63, 3.8) is 0 Å². The number of carboxylic acids is 1. The van der Waals surface area contributed by atoms with E-state index in [1.165, 1.54) is 6.07 Å². The van der Waals surface area contributed by atoms with Crippen LogP contribution in [-0.4, -0.2) is 27.0 Å². The van der Waals surface area contributed by atoms with Crippen molar-refractivity contribution in [2.24, 2.45) is 10.7 Å². The molecule has 0 aliphatic heterocycles. The highest BCUT2D eigenvalue weighted by molar-refractivity contribution is 5.97. The van der Waals surface area contributed by atoms with E-state index >= 15 is 0 Å². The van der Waals surface area contributed by atoms with Gasteiger partial charge in [0.2, 0.25) is 5.96 Å². The zero-order valence-electron chi connectivity index (χ0n) is 15.0. The van der Waals surface area contributed by atoms with Gasteiger partial charge in [0, 0.05) is 16.6 Å². The van der Waals surface area contributed by atoms with Crippen LogP contribution in [0.1, 0.15) is 27.2 Å². The number of nitrogens with zero attached hydrogens (tertiary/aromatic N) is 3. The standard InChI is InChI=1S/C20H19N5O2/c1-11-8-9-17-16(10-11)13(3)23-20(24-17)25-19(21)22-12(2)14-6-4-5-7-15(14)18(26)27/h4-10H,2H2,1,3H3,(H,26,27)(H3,21,22,23,24,25). The number of nitrogens with one attached hydrogen (secondary N) is 1. The van der Waals surface area contributed by atoms with Gasteiger partial charge in [-0.2, -0.15) is 4.99 Å². The van der Waals surface area contributed by atoms with E-state index < -0.39 is 5.97 Å². The second kappa shape index (κ2) is 7.25. The normalized spacial score (nSPS) is 11.4. The summed E-state index contributed by atoms with van der Waals surface area (Å²) in [6, 6.07) is 12.4. The van der Waals surface area contributed by atoms with E-state index in [9.17, 15) is 9.90 Å². The number of nitrogens with two attached hydrogens (primary N) is 1. The van der Waals surface area contributed by atoms with Crippen LogP contribution in [0.4, 0.5) is 5.95 Å². The van der Waals surface area contributed by atoms with Crippen molar-refractivity contribution in [2.45, 2.75) is 13.8 Å². The number of fused-ring (bicyclic) bond motifs is 1. The van der Waals surface area contributed by atoms with E-state index in [4.69, 9.17) is 5.73 Å². The van der Waals surface area contributed by atoms with Crippen LogP contribution in [0.5, 0.6) is 0 Å². The van der Waals surface area contributed by atoms with Gasteiger partial charge in [0.25, 0.3) is 5.95 Å². The highest BCUT2D eigenvalue weighted by atomic mass is 16.4. The van der Waals surface area contributed by atoms with Crippen molar-refractivity contribution in [1.29, 1.82) is 0 Å². The van der Waals surface area contributed by atoms with E-state index in [2.05, 4.69) is 26.9 Å². The molecule has 0 saturated carbocycles. The second-order valence-corrected chi connectivity index (χ2v) is 6.08. The molecule has 0 atom stereocenters. The third-order valence-electron chi connectivity index (χ3n) is 4.01. The van der Waals surface area contributed by atoms with Crippen LogP contribution in [0.25, 0.3) is 16.6 Å². The summed E-state index contributed by atoms with van der Waals surface area (Å²) in [7, 11) is 0. The van der Waals surface area contributed by atoms with Gasteiger partial charge in [-0.1, -0.05) is 36.4 Å². The summed E-state index contributed by atoms with van der Waals surface area (Å²) < 4.78 is 0. The zero-order valence-corrected chi connectivity index (χ0v) is 15.0. The number of hydrogen-bond donors (Lipinski definition) is 3. The van der Waals surface area contributed by atoms with Crippen molar-refractivity contribution in [2.75, 3.05) is 0 Å². The Kier molecular flexibility index (Phi) is 4.85. The Morgan fingerprint density at radius 2 is 1.85 bits per heavy atom. The molecule has 1 heterocycles. The molecular formula is C20H19N5O2. The van der Waals surface area contributed by atoms with Crippen LogP contribution in [0.3, 0.4) is 0 Å². The van der Waals surface area contributed by atoms with Crippen molar-refractivity contribution < 1.29 is 9.90 Å². The maximum Gasteiger partial charge on any atom is 0.336 e. The number of rotatable bonds is 4. The van der Waals surface area contributed by atoms with Gasteiger partial charge in [-0.3, -0.25) is 0 Å². The highest BCUT2D eigenvalue weighted by Gasteiger charge is 2.12. The van der Waals surface area contributed by atoms with E-state index in [0.29, 0.717) is 11.3 Å². The molecule has 0 amide bonds. The molecule has 0 spiro atoms. The summed E-state index contributed by atoms with van der Waals surface area (Å²) in [6.45, 7) is 7.74. The van der Waals surface area contributed by atoms with E-state index in [-0.39, 0.29) is 17.5 Å². The number of benzene rings is 2. The molecule has 3 aromatic rings. The van der Waals surface area contributed by atoms with Gasteiger partial charge in [-0.25, -0.2) is 14.8 Å². The Balaban J connectivity index is 1.88. The fraction of sp³-hybridized carbons (Fsp3) is 0.100. The smallest absolute Gasteiger partial charge is 0.336 e. The summed E-state index contributed by atoms with van der Waals surface area (Å²) >= 11 is 0. The number of aromatic carboxylic acids is 1. The molecule has 0 aliphatic rings. The summed E-state index contributed by atoms with van der Waals surface area (Å²) in [5, 5.41) is 13.0. The SMILES string of the molecule is C=C(NC(N)=Nc1nc(C)c2cc(C)ccc2n1)c1ccccc1C(=O)O. The maximum absolute atomic E-state index is 11.3. The molecule has 0 radical (unpaired) electrons. The molecular weight excluding hydrogens is 342 g/mol. The number of guanidine groups is 1. The topological polar surface area (TPSA) is 113 Å². The predicted molar refractivity (Wildman–Crippen MR) is 106 cm³/mol. The lowest BCUT2D eigenvalue weighted by Crippen LogP contribution is -2.30. The van der Waals surface area contributed by atoms with Gasteiger partial charge in [-0.15, -0.1) is 0 Å². The van der Waals surface area contributed by atoms with Gasteiger partial charge in [0.1, 0.15) is 0 Å². The fourth-order valence-corrected chi connectivity index (χ4v) is 2.72. The molecule has 0 saturated heterocycles. The molecule has 0 aliphatic carbocycles.